The lowest BCUT2D eigenvalue weighted by Gasteiger charge is -2.11. The topological polar surface area (TPSA) is 67.2 Å². The van der Waals surface area contributed by atoms with Crippen LogP contribution in [0.15, 0.2) is 83.3 Å². The molecule has 1 aromatic heterocycles. The van der Waals surface area contributed by atoms with Gasteiger partial charge in [0.05, 0.1) is 0 Å². The van der Waals surface area contributed by atoms with Crippen molar-refractivity contribution in [2.75, 3.05) is 5.32 Å². The summed E-state index contributed by atoms with van der Waals surface area (Å²) in [4.78, 5) is 17.4. The van der Waals surface area contributed by atoms with E-state index in [4.69, 9.17) is 28.2 Å². The van der Waals surface area contributed by atoms with E-state index in [0.29, 0.717) is 16.5 Å². The molecule has 0 unspecified atom stereocenters. The van der Waals surface area contributed by atoms with Crippen molar-refractivity contribution in [1.29, 1.82) is 0 Å². The third-order valence-electron chi connectivity index (χ3n) is 5.27. The van der Waals surface area contributed by atoms with Gasteiger partial charge in [0, 0.05) is 27.2 Å². The normalized spacial score (nSPS) is 11.0. The predicted molar refractivity (Wildman–Crippen MR) is 137 cm³/mol. The van der Waals surface area contributed by atoms with E-state index in [-0.39, 0.29) is 11.0 Å². The van der Waals surface area contributed by atoms with Gasteiger partial charge in [-0.25, -0.2) is 4.98 Å². The van der Waals surface area contributed by atoms with E-state index >= 15 is 0 Å². The van der Waals surface area contributed by atoms with Gasteiger partial charge in [-0.05, 0) is 78.6 Å². The van der Waals surface area contributed by atoms with Crippen molar-refractivity contribution in [1.82, 2.24) is 10.3 Å². The van der Waals surface area contributed by atoms with Crippen LogP contribution in [0.1, 0.15) is 15.9 Å². The molecule has 7 heteroatoms. The number of hydrogen-bond donors (Lipinski definition) is 2. The van der Waals surface area contributed by atoms with Crippen molar-refractivity contribution >= 4 is 62.4 Å². The zero-order chi connectivity index (χ0) is 22.9. The number of nitrogens with zero attached hydrogens (tertiary/aromatic N) is 1. The van der Waals surface area contributed by atoms with E-state index in [2.05, 4.69) is 15.6 Å². The lowest BCUT2D eigenvalue weighted by atomic mass is 10.0. The fourth-order valence-electron chi connectivity index (χ4n) is 3.65. The van der Waals surface area contributed by atoms with E-state index in [1.807, 2.05) is 67.6 Å². The van der Waals surface area contributed by atoms with Gasteiger partial charge in [-0.1, -0.05) is 41.9 Å². The quantitative estimate of drug-likeness (QED) is 0.285. The molecular weight excluding hydrogens is 454 g/mol. The number of thiocarbonyl (C=S) groups is 1. The first-order valence-corrected chi connectivity index (χ1v) is 11.0. The number of carbonyl (C=O) groups is 1. The van der Waals surface area contributed by atoms with E-state index in [1.54, 1.807) is 18.2 Å². The third-order valence-corrected chi connectivity index (χ3v) is 5.81. The Balaban J connectivity index is 1.29. The van der Waals surface area contributed by atoms with Gasteiger partial charge in [-0.2, -0.15) is 0 Å². The van der Waals surface area contributed by atoms with Gasteiger partial charge in [0.2, 0.25) is 5.89 Å². The summed E-state index contributed by atoms with van der Waals surface area (Å²) in [6.45, 7) is 2.01. The van der Waals surface area contributed by atoms with Crippen LogP contribution in [-0.2, 0) is 0 Å². The number of amides is 1. The number of carbonyl (C=O) groups excluding carboxylic acids is 1. The number of aromatic nitrogens is 1. The lowest BCUT2D eigenvalue weighted by Crippen LogP contribution is -2.34. The van der Waals surface area contributed by atoms with Crippen molar-refractivity contribution in [3.63, 3.8) is 0 Å². The molecule has 0 bridgehead atoms. The SMILES string of the molecule is Cc1ccc2nc(-c3ccc(NC(=S)NC(=O)c4cccc5c(Cl)cccc45)cc3)oc2c1. The van der Waals surface area contributed by atoms with Crippen molar-refractivity contribution in [3.8, 4) is 11.5 Å². The summed E-state index contributed by atoms with van der Waals surface area (Å²) in [5.74, 6) is 0.242. The second-order valence-corrected chi connectivity index (χ2v) is 8.43. The molecule has 33 heavy (non-hydrogen) atoms. The van der Waals surface area contributed by atoms with Crippen LogP contribution in [0.5, 0.6) is 0 Å². The molecule has 0 fully saturated rings. The molecular formula is C26H18ClN3O2S. The molecule has 0 atom stereocenters. The van der Waals surface area contributed by atoms with Crippen molar-refractivity contribution < 1.29 is 9.21 Å². The zero-order valence-electron chi connectivity index (χ0n) is 17.6. The Kier molecular flexibility index (Phi) is 5.54. The van der Waals surface area contributed by atoms with Gasteiger partial charge >= 0.3 is 0 Å². The van der Waals surface area contributed by atoms with Gasteiger partial charge < -0.3 is 9.73 Å². The van der Waals surface area contributed by atoms with Gasteiger partial charge in [0.15, 0.2) is 10.7 Å². The number of hydrogen-bond acceptors (Lipinski definition) is 4. The number of benzene rings is 4. The summed E-state index contributed by atoms with van der Waals surface area (Å²) in [5.41, 5.74) is 4.77. The predicted octanol–water partition coefficient (Wildman–Crippen LogP) is 6.74. The van der Waals surface area contributed by atoms with Crippen LogP contribution in [0.2, 0.25) is 5.02 Å². The number of anilines is 1. The van der Waals surface area contributed by atoms with Crippen molar-refractivity contribution in [3.05, 3.63) is 95.0 Å². The number of aryl methyl sites for hydroxylation is 1. The van der Waals surface area contributed by atoms with E-state index in [9.17, 15) is 4.79 Å². The summed E-state index contributed by atoms with van der Waals surface area (Å²) in [6, 6.07) is 24.3. The van der Waals surface area contributed by atoms with Gasteiger partial charge in [0.1, 0.15) is 5.52 Å². The molecule has 0 aliphatic carbocycles. The summed E-state index contributed by atoms with van der Waals surface area (Å²) >= 11 is 11.6. The number of nitrogens with one attached hydrogen (secondary N) is 2. The van der Waals surface area contributed by atoms with Crippen LogP contribution in [-0.4, -0.2) is 16.0 Å². The second-order valence-electron chi connectivity index (χ2n) is 7.62. The zero-order valence-corrected chi connectivity index (χ0v) is 19.1. The Morgan fingerprint density at radius 1 is 0.970 bits per heavy atom. The number of rotatable bonds is 3. The Morgan fingerprint density at radius 3 is 2.55 bits per heavy atom. The van der Waals surface area contributed by atoms with Crippen LogP contribution in [0.25, 0.3) is 33.3 Å². The van der Waals surface area contributed by atoms with Crippen LogP contribution in [0.3, 0.4) is 0 Å². The molecule has 1 heterocycles. The standard InChI is InChI=1S/C26H18ClN3O2S/c1-15-8-13-22-23(14-15)32-25(29-22)16-9-11-17(12-10-16)28-26(33)30-24(31)20-6-2-5-19-18(20)4-3-7-21(19)27/h2-14H,1H3,(H2,28,30,31,33). The number of oxazole rings is 1. The minimum absolute atomic E-state index is 0.198. The summed E-state index contributed by atoms with van der Waals surface area (Å²) in [7, 11) is 0. The molecule has 0 aliphatic rings. The Morgan fingerprint density at radius 2 is 1.73 bits per heavy atom. The van der Waals surface area contributed by atoms with Crippen LogP contribution >= 0.6 is 23.8 Å². The van der Waals surface area contributed by atoms with Crippen molar-refractivity contribution in [2.45, 2.75) is 6.92 Å². The average molecular weight is 472 g/mol. The minimum Gasteiger partial charge on any atom is -0.436 e. The maximum absolute atomic E-state index is 12.8. The molecule has 162 valence electrons. The van der Waals surface area contributed by atoms with E-state index < -0.39 is 0 Å². The van der Waals surface area contributed by atoms with Crippen molar-refractivity contribution in [2.24, 2.45) is 0 Å². The molecule has 0 aliphatic heterocycles. The fourth-order valence-corrected chi connectivity index (χ4v) is 4.10. The molecule has 2 N–H and O–H groups in total. The molecule has 4 aromatic carbocycles. The van der Waals surface area contributed by atoms with Crippen LogP contribution in [0.4, 0.5) is 5.69 Å². The minimum atomic E-state index is -0.307. The molecule has 5 rings (SSSR count). The third kappa shape index (κ3) is 4.31. The highest BCUT2D eigenvalue weighted by Gasteiger charge is 2.13. The lowest BCUT2D eigenvalue weighted by molar-refractivity contribution is 0.0979. The molecule has 1 amide bonds. The Bertz CT molecular complexity index is 1530. The Labute approximate surface area is 200 Å². The molecule has 0 saturated carbocycles. The fraction of sp³-hybridized carbons (Fsp3) is 0.0385. The smallest absolute Gasteiger partial charge is 0.258 e. The van der Waals surface area contributed by atoms with E-state index in [0.717, 1.165) is 38.7 Å². The summed E-state index contributed by atoms with van der Waals surface area (Å²) in [5, 5.41) is 8.15. The van der Waals surface area contributed by atoms with Gasteiger partial charge in [0.25, 0.3) is 5.91 Å². The first kappa shape index (κ1) is 21.1. The highest BCUT2D eigenvalue weighted by atomic mass is 35.5. The monoisotopic (exact) mass is 471 g/mol. The highest BCUT2D eigenvalue weighted by molar-refractivity contribution is 7.80. The molecule has 0 saturated heterocycles. The molecule has 5 nitrogen and oxygen atoms in total. The first-order chi connectivity index (χ1) is 16.0. The summed E-state index contributed by atoms with van der Waals surface area (Å²) < 4.78 is 5.88. The van der Waals surface area contributed by atoms with Gasteiger partial charge in [-0.15, -0.1) is 0 Å². The Hall–Kier alpha value is -3.74. The van der Waals surface area contributed by atoms with Crippen LogP contribution < -0.4 is 10.6 Å². The maximum atomic E-state index is 12.8. The highest BCUT2D eigenvalue weighted by Crippen LogP contribution is 2.27. The largest absolute Gasteiger partial charge is 0.436 e. The second kappa shape index (κ2) is 8.65. The average Bonchev–Trinajstić information content (AvgIpc) is 3.22. The maximum Gasteiger partial charge on any atom is 0.258 e. The number of fused-ring (bicyclic) bond motifs is 2. The van der Waals surface area contributed by atoms with Crippen LogP contribution in [0, 0.1) is 6.92 Å². The molecule has 0 spiro atoms. The molecule has 5 aromatic rings. The molecule has 0 radical (unpaired) electrons. The first-order valence-electron chi connectivity index (χ1n) is 10.3. The van der Waals surface area contributed by atoms with E-state index in [1.165, 1.54) is 0 Å². The number of halogens is 1. The van der Waals surface area contributed by atoms with Gasteiger partial charge in [-0.3, -0.25) is 10.1 Å². The summed E-state index contributed by atoms with van der Waals surface area (Å²) in [6.07, 6.45) is 0.